The molecule has 1 aliphatic rings. The first kappa shape index (κ1) is 15.0. The lowest BCUT2D eigenvalue weighted by atomic mass is 9.98. The Morgan fingerprint density at radius 2 is 2.40 bits per heavy atom. The first-order chi connectivity index (χ1) is 9.58. The van der Waals surface area contributed by atoms with Crippen LogP contribution in [0.2, 0.25) is 0 Å². The molecule has 2 heterocycles. The first-order valence-electron chi connectivity index (χ1n) is 6.81. The summed E-state index contributed by atoms with van der Waals surface area (Å²) in [6, 6.07) is 2.27. The van der Waals surface area contributed by atoms with E-state index in [1.807, 2.05) is 19.5 Å². The number of nitrogens with zero attached hydrogens (tertiary/aromatic N) is 1. The van der Waals surface area contributed by atoms with Crippen molar-refractivity contribution in [3.05, 3.63) is 22.4 Å². The molecule has 2 rings (SSSR count). The van der Waals surface area contributed by atoms with Gasteiger partial charge in [0.05, 0.1) is 12.0 Å². The summed E-state index contributed by atoms with van der Waals surface area (Å²) >= 11 is 1.66. The third-order valence-electron chi connectivity index (χ3n) is 3.66. The third kappa shape index (κ3) is 3.80. The van der Waals surface area contributed by atoms with Crippen molar-refractivity contribution in [2.24, 2.45) is 5.92 Å². The van der Waals surface area contributed by atoms with E-state index in [0.717, 1.165) is 0 Å². The average molecular weight is 295 g/mol. The zero-order chi connectivity index (χ0) is 14.5. The minimum atomic E-state index is -0.0991. The van der Waals surface area contributed by atoms with Crippen LogP contribution in [0.5, 0.6) is 0 Å². The van der Waals surface area contributed by atoms with Gasteiger partial charge in [0.1, 0.15) is 0 Å². The standard InChI is InChI=1S/C14H21N3O2S/c1-17(2)12(11-5-6-20-9-11)8-16-14(19)10-3-4-13(18)15-7-10/h5-6,9-10,12H,3-4,7-8H2,1-2H3,(H,15,18)(H,16,19)/t10-,12+/m1/s1. The summed E-state index contributed by atoms with van der Waals surface area (Å²) < 4.78 is 0. The second-order valence-corrected chi connectivity index (χ2v) is 6.10. The van der Waals surface area contributed by atoms with Crippen molar-refractivity contribution >= 4 is 23.2 Å². The van der Waals surface area contributed by atoms with Gasteiger partial charge in [0.25, 0.3) is 0 Å². The van der Waals surface area contributed by atoms with E-state index in [9.17, 15) is 9.59 Å². The van der Waals surface area contributed by atoms with E-state index >= 15 is 0 Å². The highest BCUT2D eigenvalue weighted by Gasteiger charge is 2.25. The Bertz CT molecular complexity index is 449. The van der Waals surface area contributed by atoms with Gasteiger partial charge in [-0.2, -0.15) is 11.3 Å². The number of amides is 2. The highest BCUT2D eigenvalue weighted by Crippen LogP contribution is 2.20. The van der Waals surface area contributed by atoms with Crippen LogP contribution in [0.15, 0.2) is 16.8 Å². The maximum Gasteiger partial charge on any atom is 0.224 e. The van der Waals surface area contributed by atoms with Crippen molar-refractivity contribution in [1.29, 1.82) is 0 Å². The average Bonchev–Trinajstić information content (AvgIpc) is 2.93. The molecule has 1 aromatic heterocycles. The fourth-order valence-corrected chi connectivity index (χ4v) is 3.07. The normalized spacial score (nSPS) is 20.6. The van der Waals surface area contributed by atoms with E-state index in [0.29, 0.717) is 25.9 Å². The Balaban J connectivity index is 1.86. The fourth-order valence-electron chi connectivity index (χ4n) is 2.36. The van der Waals surface area contributed by atoms with E-state index in [1.165, 1.54) is 5.56 Å². The lowest BCUT2D eigenvalue weighted by Crippen LogP contribution is -2.44. The SMILES string of the molecule is CN(C)[C@@H](CNC(=O)[C@@H]1CCC(=O)NC1)c1ccsc1. The number of likely N-dealkylation sites (N-methyl/N-ethyl adjacent to an activating group) is 1. The lowest BCUT2D eigenvalue weighted by Gasteiger charge is -2.26. The minimum absolute atomic E-state index is 0.0343. The van der Waals surface area contributed by atoms with Crippen LogP contribution in [-0.2, 0) is 9.59 Å². The second kappa shape index (κ2) is 6.85. The van der Waals surface area contributed by atoms with Crippen molar-refractivity contribution in [2.75, 3.05) is 27.2 Å². The number of rotatable bonds is 5. The summed E-state index contributed by atoms with van der Waals surface area (Å²) in [5, 5.41) is 9.91. The van der Waals surface area contributed by atoms with Gasteiger partial charge in [0, 0.05) is 19.5 Å². The summed E-state index contributed by atoms with van der Waals surface area (Å²) in [7, 11) is 4.02. The first-order valence-corrected chi connectivity index (χ1v) is 7.75. The Kier molecular flexibility index (Phi) is 5.14. The molecule has 0 unspecified atom stereocenters. The van der Waals surface area contributed by atoms with Crippen LogP contribution in [0.25, 0.3) is 0 Å². The largest absolute Gasteiger partial charge is 0.355 e. The van der Waals surface area contributed by atoms with Crippen LogP contribution < -0.4 is 10.6 Å². The minimum Gasteiger partial charge on any atom is -0.355 e. The third-order valence-corrected chi connectivity index (χ3v) is 4.36. The van der Waals surface area contributed by atoms with Gasteiger partial charge >= 0.3 is 0 Å². The number of thiophene rings is 1. The van der Waals surface area contributed by atoms with E-state index in [4.69, 9.17) is 0 Å². The number of carbonyl (C=O) groups is 2. The Hall–Kier alpha value is -1.40. The van der Waals surface area contributed by atoms with Crippen molar-refractivity contribution in [2.45, 2.75) is 18.9 Å². The molecule has 0 aromatic carbocycles. The molecule has 1 aromatic rings. The maximum absolute atomic E-state index is 12.1. The molecule has 1 aliphatic heterocycles. The molecule has 5 nitrogen and oxygen atoms in total. The van der Waals surface area contributed by atoms with Crippen molar-refractivity contribution in [3.63, 3.8) is 0 Å². The summed E-state index contributed by atoms with van der Waals surface area (Å²) in [6.45, 7) is 1.04. The highest BCUT2D eigenvalue weighted by atomic mass is 32.1. The van der Waals surface area contributed by atoms with Crippen LogP contribution in [0, 0.1) is 5.92 Å². The zero-order valence-electron chi connectivity index (χ0n) is 11.9. The topological polar surface area (TPSA) is 61.4 Å². The van der Waals surface area contributed by atoms with Crippen LogP contribution in [-0.4, -0.2) is 43.9 Å². The quantitative estimate of drug-likeness (QED) is 0.852. The summed E-state index contributed by atoms with van der Waals surface area (Å²) in [4.78, 5) is 25.3. The Morgan fingerprint density at radius 3 is 2.95 bits per heavy atom. The lowest BCUT2D eigenvalue weighted by molar-refractivity contribution is -0.129. The molecule has 2 amide bonds. The maximum atomic E-state index is 12.1. The van der Waals surface area contributed by atoms with Crippen LogP contribution in [0.1, 0.15) is 24.4 Å². The van der Waals surface area contributed by atoms with Gasteiger partial charge in [-0.15, -0.1) is 0 Å². The van der Waals surface area contributed by atoms with Gasteiger partial charge < -0.3 is 15.5 Å². The van der Waals surface area contributed by atoms with Crippen LogP contribution in [0.3, 0.4) is 0 Å². The number of nitrogens with one attached hydrogen (secondary N) is 2. The zero-order valence-corrected chi connectivity index (χ0v) is 12.7. The van der Waals surface area contributed by atoms with Crippen LogP contribution >= 0.6 is 11.3 Å². The number of hydrogen-bond donors (Lipinski definition) is 2. The van der Waals surface area contributed by atoms with Gasteiger partial charge in [-0.25, -0.2) is 0 Å². The molecular formula is C14H21N3O2S. The number of hydrogen-bond acceptors (Lipinski definition) is 4. The fraction of sp³-hybridized carbons (Fsp3) is 0.571. The predicted molar refractivity (Wildman–Crippen MR) is 79.5 cm³/mol. The van der Waals surface area contributed by atoms with E-state index < -0.39 is 0 Å². The molecule has 2 N–H and O–H groups in total. The van der Waals surface area contributed by atoms with Gasteiger partial charge in [-0.1, -0.05) is 0 Å². The second-order valence-electron chi connectivity index (χ2n) is 5.32. The van der Waals surface area contributed by atoms with Crippen molar-refractivity contribution in [1.82, 2.24) is 15.5 Å². The molecule has 0 radical (unpaired) electrons. The van der Waals surface area contributed by atoms with Crippen molar-refractivity contribution < 1.29 is 9.59 Å². The molecular weight excluding hydrogens is 274 g/mol. The molecule has 6 heteroatoms. The summed E-state index contributed by atoms with van der Waals surface area (Å²) in [5.74, 6) is -0.0245. The van der Waals surface area contributed by atoms with E-state index in [-0.39, 0.29) is 23.8 Å². The smallest absolute Gasteiger partial charge is 0.224 e. The summed E-state index contributed by atoms with van der Waals surface area (Å²) in [5.41, 5.74) is 1.22. The van der Waals surface area contributed by atoms with E-state index in [2.05, 4.69) is 27.0 Å². The molecule has 0 aliphatic carbocycles. The molecule has 1 saturated heterocycles. The van der Waals surface area contributed by atoms with Crippen LogP contribution in [0.4, 0.5) is 0 Å². The van der Waals surface area contributed by atoms with Gasteiger partial charge in [-0.05, 0) is 42.9 Å². The van der Waals surface area contributed by atoms with Gasteiger partial charge in [0.2, 0.25) is 11.8 Å². The molecule has 0 bridgehead atoms. The molecule has 0 saturated carbocycles. The van der Waals surface area contributed by atoms with Gasteiger partial charge in [-0.3, -0.25) is 9.59 Å². The Labute approximate surface area is 123 Å². The monoisotopic (exact) mass is 295 g/mol. The molecule has 2 atom stereocenters. The predicted octanol–water partition coefficient (Wildman–Crippen LogP) is 0.993. The molecule has 110 valence electrons. The number of piperidine rings is 1. The van der Waals surface area contributed by atoms with Crippen molar-refractivity contribution in [3.8, 4) is 0 Å². The Morgan fingerprint density at radius 1 is 1.60 bits per heavy atom. The highest BCUT2D eigenvalue weighted by molar-refractivity contribution is 7.07. The number of carbonyl (C=O) groups excluding carboxylic acids is 2. The summed E-state index contributed by atoms with van der Waals surface area (Å²) in [6.07, 6.45) is 1.09. The molecule has 20 heavy (non-hydrogen) atoms. The molecule has 0 spiro atoms. The molecule has 1 fully saturated rings. The van der Waals surface area contributed by atoms with E-state index in [1.54, 1.807) is 11.3 Å². The van der Waals surface area contributed by atoms with Gasteiger partial charge in [0.15, 0.2) is 0 Å².